The van der Waals surface area contributed by atoms with E-state index in [2.05, 4.69) is 32.9 Å². The highest BCUT2D eigenvalue weighted by atomic mass is 16.2. The maximum atomic E-state index is 12.8. The number of piperidine rings is 1. The van der Waals surface area contributed by atoms with Crippen molar-refractivity contribution in [3.63, 3.8) is 0 Å². The Labute approximate surface area is 144 Å². The standard InChI is InChI=1S/C20H28N2O2/c1-14(2)16-7-9-18(10-8-16)22-13-17(12-19(22)23)20(24)21-11-5-4-6-15(21)3/h7-10,14-15,17H,4-6,11-13H2,1-3H3/t15-,17-/m1/s1. The summed E-state index contributed by atoms with van der Waals surface area (Å²) in [6.07, 6.45) is 3.70. The lowest BCUT2D eigenvalue weighted by atomic mass is 9.99. The van der Waals surface area contributed by atoms with Crippen LogP contribution in [0.15, 0.2) is 24.3 Å². The molecule has 2 amide bonds. The topological polar surface area (TPSA) is 40.6 Å². The van der Waals surface area contributed by atoms with Gasteiger partial charge in [-0.15, -0.1) is 0 Å². The van der Waals surface area contributed by atoms with E-state index in [1.165, 1.54) is 12.0 Å². The van der Waals surface area contributed by atoms with Gasteiger partial charge in [0.15, 0.2) is 0 Å². The summed E-state index contributed by atoms with van der Waals surface area (Å²) in [5, 5.41) is 0. The van der Waals surface area contributed by atoms with Crippen molar-refractivity contribution in [2.24, 2.45) is 5.92 Å². The molecule has 0 radical (unpaired) electrons. The van der Waals surface area contributed by atoms with Gasteiger partial charge in [0, 0.05) is 31.2 Å². The van der Waals surface area contributed by atoms with Crippen LogP contribution in [0.3, 0.4) is 0 Å². The minimum atomic E-state index is -0.192. The molecule has 2 saturated heterocycles. The summed E-state index contributed by atoms with van der Waals surface area (Å²) in [6.45, 7) is 7.79. The average Bonchev–Trinajstić information content (AvgIpc) is 2.96. The number of carbonyl (C=O) groups excluding carboxylic acids is 2. The van der Waals surface area contributed by atoms with Crippen LogP contribution >= 0.6 is 0 Å². The van der Waals surface area contributed by atoms with E-state index in [1.54, 1.807) is 4.90 Å². The molecule has 0 spiro atoms. The molecule has 2 aliphatic heterocycles. The van der Waals surface area contributed by atoms with E-state index < -0.39 is 0 Å². The molecule has 0 unspecified atom stereocenters. The minimum absolute atomic E-state index is 0.0651. The molecule has 2 fully saturated rings. The molecule has 2 atom stereocenters. The Balaban J connectivity index is 1.70. The number of hydrogen-bond acceptors (Lipinski definition) is 2. The third kappa shape index (κ3) is 3.33. The Morgan fingerprint density at radius 3 is 2.50 bits per heavy atom. The van der Waals surface area contributed by atoms with Crippen LogP contribution in [0.5, 0.6) is 0 Å². The van der Waals surface area contributed by atoms with E-state index >= 15 is 0 Å². The Kier molecular flexibility index (Phi) is 4.93. The third-order valence-corrected chi connectivity index (χ3v) is 5.43. The Morgan fingerprint density at radius 2 is 1.88 bits per heavy atom. The van der Waals surface area contributed by atoms with E-state index in [0.29, 0.717) is 24.9 Å². The van der Waals surface area contributed by atoms with Crippen LogP contribution in [0.25, 0.3) is 0 Å². The molecule has 2 aliphatic rings. The lowest BCUT2D eigenvalue weighted by Gasteiger charge is -2.35. The molecule has 0 N–H and O–H groups in total. The van der Waals surface area contributed by atoms with Gasteiger partial charge in [-0.25, -0.2) is 0 Å². The summed E-state index contributed by atoms with van der Waals surface area (Å²) in [7, 11) is 0. The van der Waals surface area contributed by atoms with Gasteiger partial charge in [0.2, 0.25) is 11.8 Å². The number of carbonyl (C=O) groups is 2. The molecule has 2 heterocycles. The first-order valence-electron chi connectivity index (χ1n) is 9.18. The van der Waals surface area contributed by atoms with E-state index in [0.717, 1.165) is 25.1 Å². The summed E-state index contributed by atoms with van der Waals surface area (Å²) in [5.41, 5.74) is 2.17. The molecule has 0 aliphatic carbocycles. The number of amides is 2. The molecule has 4 heteroatoms. The highest BCUT2D eigenvalue weighted by Crippen LogP contribution is 2.29. The summed E-state index contributed by atoms with van der Waals surface area (Å²) in [5.74, 6) is 0.512. The van der Waals surface area contributed by atoms with Crippen molar-refractivity contribution in [1.29, 1.82) is 0 Å². The second-order valence-corrected chi connectivity index (χ2v) is 7.53. The summed E-state index contributed by atoms with van der Waals surface area (Å²) >= 11 is 0. The van der Waals surface area contributed by atoms with Gasteiger partial charge >= 0.3 is 0 Å². The van der Waals surface area contributed by atoms with Crippen LogP contribution in [0.1, 0.15) is 57.9 Å². The van der Waals surface area contributed by atoms with Crippen molar-refractivity contribution >= 4 is 17.5 Å². The van der Waals surface area contributed by atoms with Crippen LogP contribution in [-0.2, 0) is 9.59 Å². The molecule has 1 aromatic rings. The van der Waals surface area contributed by atoms with Crippen LogP contribution in [0.2, 0.25) is 0 Å². The largest absolute Gasteiger partial charge is 0.340 e. The number of hydrogen-bond donors (Lipinski definition) is 0. The van der Waals surface area contributed by atoms with Crippen molar-refractivity contribution in [2.75, 3.05) is 18.0 Å². The lowest BCUT2D eigenvalue weighted by Crippen LogP contribution is -2.45. The van der Waals surface area contributed by atoms with Crippen LogP contribution in [0, 0.1) is 5.92 Å². The molecule has 3 rings (SSSR count). The van der Waals surface area contributed by atoms with Crippen molar-refractivity contribution in [1.82, 2.24) is 4.90 Å². The quantitative estimate of drug-likeness (QED) is 0.851. The molecule has 0 aromatic heterocycles. The zero-order valence-corrected chi connectivity index (χ0v) is 15.0. The summed E-state index contributed by atoms with van der Waals surface area (Å²) in [6, 6.07) is 8.47. The van der Waals surface area contributed by atoms with Gasteiger partial charge in [-0.05, 0) is 49.8 Å². The first-order valence-corrected chi connectivity index (χ1v) is 9.18. The lowest BCUT2D eigenvalue weighted by molar-refractivity contribution is -0.139. The van der Waals surface area contributed by atoms with E-state index in [1.807, 2.05) is 17.0 Å². The maximum Gasteiger partial charge on any atom is 0.228 e. The molecule has 0 saturated carbocycles. The number of nitrogens with zero attached hydrogens (tertiary/aromatic N) is 2. The zero-order chi connectivity index (χ0) is 17.3. The number of anilines is 1. The second kappa shape index (κ2) is 6.96. The molecule has 24 heavy (non-hydrogen) atoms. The fourth-order valence-electron chi connectivity index (χ4n) is 3.82. The summed E-state index contributed by atoms with van der Waals surface area (Å²) < 4.78 is 0. The van der Waals surface area contributed by atoms with Gasteiger partial charge in [-0.2, -0.15) is 0 Å². The Bertz CT molecular complexity index is 609. The molecule has 1 aromatic carbocycles. The number of likely N-dealkylation sites (tertiary alicyclic amines) is 1. The van der Waals surface area contributed by atoms with Gasteiger partial charge < -0.3 is 9.80 Å². The minimum Gasteiger partial charge on any atom is -0.340 e. The monoisotopic (exact) mass is 328 g/mol. The highest BCUT2D eigenvalue weighted by Gasteiger charge is 2.38. The molecule has 0 bridgehead atoms. The number of benzene rings is 1. The first-order chi connectivity index (χ1) is 11.5. The third-order valence-electron chi connectivity index (χ3n) is 5.43. The predicted molar refractivity (Wildman–Crippen MR) is 96.0 cm³/mol. The van der Waals surface area contributed by atoms with Crippen molar-refractivity contribution in [3.8, 4) is 0 Å². The van der Waals surface area contributed by atoms with Crippen molar-refractivity contribution in [3.05, 3.63) is 29.8 Å². The molecular weight excluding hydrogens is 300 g/mol. The van der Waals surface area contributed by atoms with Gasteiger partial charge in [-0.3, -0.25) is 9.59 Å². The Morgan fingerprint density at radius 1 is 1.17 bits per heavy atom. The molecule has 130 valence electrons. The van der Waals surface area contributed by atoms with Crippen molar-refractivity contribution < 1.29 is 9.59 Å². The van der Waals surface area contributed by atoms with Crippen LogP contribution in [-0.4, -0.2) is 35.8 Å². The van der Waals surface area contributed by atoms with Gasteiger partial charge in [0.25, 0.3) is 0 Å². The predicted octanol–water partition coefficient (Wildman–Crippen LogP) is 3.56. The van der Waals surface area contributed by atoms with E-state index in [4.69, 9.17) is 0 Å². The second-order valence-electron chi connectivity index (χ2n) is 7.53. The van der Waals surface area contributed by atoms with Crippen LogP contribution in [0.4, 0.5) is 5.69 Å². The summed E-state index contributed by atoms with van der Waals surface area (Å²) in [4.78, 5) is 29.0. The van der Waals surface area contributed by atoms with E-state index in [9.17, 15) is 9.59 Å². The number of rotatable bonds is 3. The van der Waals surface area contributed by atoms with Crippen molar-refractivity contribution in [2.45, 2.75) is 58.4 Å². The highest BCUT2D eigenvalue weighted by molar-refractivity contribution is 6.00. The molecular formula is C20H28N2O2. The fourth-order valence-corrected chi connectivity index (χ4v) is 3.82. The normalized spacial score (nSPS) is 24.8. The van der Waals surface area contributed by atoms with Gasteiger partial charge in [-0.1, -0.05) is 26.0 Å². The maximum absolute atomic E-state index is 12.8. The molecule has 4 nitrogen and oxygen atoms in total. The fraction of sp³-hybridized carbons (Fsp3) is 0.600. The average molecular weight is 328 g/mol. The first kappa shape index (κ1) is 17.0. The van der Waals surface area contributed by atoms with Gasteiger partial charge in [0.1, 0.15) is 0 Å². The zero-order valence-electron chi connectivity index (χ0n) is 15.0. The smallest absolute Gasteiger partial charge is 0.228 e. The van der Waals surface area contributed by atoms with Crippen LogP contribution < -0.4 is 4.90 Å². The Hall–Kier alpha value is -1.84. The van der Waals surface area contributed by atoms with Gasteiger partial charge in [0.05, 0.1) is 5.92 Å². The van der Waals surface area contributed by atoms with E-state index in [-0.39, 0.29) is 17.7 Å². The SMILES string of the molecule is CC(C)c1ccc(N2C[C@H](C(=O)N3CCCC[C@H]3C)CC2=O)cc1.